The zero-order valence-electron chi connectivity index (χ0n) is 4.95. The molecule has 0 fully saturated rings. The van der Waals surface area contributed by atoms with E-state index >= 15 is 0 Å². The number of alkyl halides is 3. The number of halogens is 4. The molecule has 5 nitrogen and oxygen atoms in total. The maximum atomic E-state index is 11.4. The molecule has 0 aliphatic heterocycles. The van der Waals surface area contributed by atoms with Crippen molar-refractivity contribution in [3.63, 3.8) is 0 Å². The minimum absolute atomic E-state index is 1.08. The molecule has 0 heterocycles. The van der Waals surface area contributed by atoms with E-state index in [4.69, 9.17) is 4.21 Å². The molecule has 11 heteroatoms. The molecule has 12 heavy (non-hydrogen) atoms. The van der Waals surface area contributed by atoms with E-state index in [0.29, 0.717) is 0 Å². The second-order valence-corrected chi connectivity index (χ2v) is 4.31. The zero-order chi connectivity index (χ0) is 10.2. The summed E-state index contributed by atoms with van der Waals surface area (Å²) in [6.07, 6.45) is 0. The predicted octanol–water partition coefficient (Wildman–Crippen LogP) is 0.581. The van der Waals surface area contributed by atoms with E-state index in [0.717, 1.165) is 4.13 Å². The van der Waals surface area contributed by atoms with Crippen molar-refractivity contribution in [3.05, 3.63) is 4.13 Å². The number of rotatable bonds is 2. The lowest BCUT2D eigenvalue weighted by atomic mass is 11.6. The molecule has 0 radical (unpaired) electrons. The highest BCUT2D eigenvalue weighted by molar-refractivity contribution is 8.10. The third-order valence-corrected chi connectivity index (χ3v) is 2.62. The van der Waals surface area contributed by atoms with Crippen LogP contribution in [-0.2, 0) is 20.4 Å². The first-order valence-electron chi connectivity index (χ1n) is 1.97. The van der Waals surface area contributed by atoms with Crippen molar-refractivity contribution in [1.29, 1.82) is 0 Å². The molecule has 0 aliphatic rings. The second-order valence-electron chi connectivity index (χ2n) is 1.43. The summed E-state index contributed by atoms with van der Waals surface area (Å²) in [6, 6.07) is 0. The number of nitrogens with zero attached hydrogens (tertiary/aromatic N) is 1. The summed E-state index contributed by atoms with van der Waals surface area (Å²) in [5.41, 5.74) is -5.80. The van der Waals surface area contributed by atoms with E-state index < -0.39 is 25.9 Å². The average molecular weight is 231 g/mol. The molecule has 74 valence electrons. The van der Waals surface area contributed by atoms with E-state index in [2.05, 4.69) is 0 Å². The van der Waals surface area contributed by atoms with Gasteiger partial charge in [0.2, 0.25) is 10.4 Å². The minimum atomic E-state index is -6.04. The molecular formula is CHF4NO4S2. The Morgan fingerprint density at radius 1 is 1.17 bits per heavy atom. The smallest absolute Gasteiger partial charge is 0.354 e. The van der Waals surface area contributed by atoms with Crippen molar-refractivity contribution in [2.75, 3.05) is 0 Å². The van der Waals surface area contributed by atoms with Crippen molar-refractivity contribution in [3.8, 4) is 0 Å². The largest absolute Gasteiger partial charge is 0.526 e. The van der Waals surface area contributed by atoms with Crippen molar-refractivity contribution < 1.29 is 33.9 Å². The minimum Gasteiger partial charge on any atom is -0.354 e. The molecule has 0 aromatic carbocycles. The van der Waals surface area contributed by atoms with Crippen LogP contribution in [0, 0.1) is 0 Å². The van der Waals surface area contributed by atoms with Gasteiger partial charge in [-0.25, -0.2) is 12.6 Å². The van der Waals surface area contributed by atoms with Crippen LogP contribution in [0.5, 0.6) is 0 Å². The molecule has 0 aromatic heterocycles. The summed E-state index contributed by atoms with van der Waals surface area (Å²) < 4.78 is 82.9. The van der Waals surface area contributed by atoms with Crippen LogP contribution in [0.3, 0.4) is 0 Å². The molecule has 0 aliphatic carbocycles. The van der Waals surface area contributed by atoms with E-state index in [-0.39, 0.29) is 0 Å². The Labute approximate surface area is 64.8 Å². The third kappa shape index (κ3) is 3.32. The predicted molar refractivity (Wildman–Crippen MR) is 29.5 cm³/mol. The van der Waals surface area contributed by atoms with Crippen molar-refractivity contribution >= 4 is 20.4 Å². The maximum Gasteiger partial charge on any atom is 0.526 e. The Balaban J connectivity index is 4.96. The van der Waals surface area contributed by atoms with Gasteiger partial charge >= 0.3 is 15.5 Å². The fourth-order valence-electron chi connectivity index (χ4n) is 0.163. The molecule has 0 bridgehead atoms. The van der Waals surface area contributed by atoms with Gasteiger partial charge in [0.15, 0.2) is 0 Å². The highest BCUT2D eigenvalue weighted by atomic mass is 32.3. The SMILES string of the molecule is O=S(=O)(F)[N-]S(=O)(=[OH+])C(F)(F)F. The quantitative estimate of drug-likeness (QED) is 0.395. The van der Waals surface area contributed by atoms with Gasteiger partial charge in [-0.2, -0.15) is 17.4 Å². The summed E-state index contributed by atoms with van der Waals surface area (Å²) >= 11 is 0. The summed E-state index contributed by atoms with van der Waals surface area (Å²) in [5.74, 6) is 0. The molecule has 0 saturated carbocycles. The van der Waals surface area contributed by atoms with E-state index in [1.807, 2.05) is 0 Å². The first-order valence-corrected chi connectivity index (χ1v) is 4.79. The molecule has 1 N–H and O–H groups in total. The first-order chi connectivity index (χ1) is 4.96. The Morgan fingerprint density at radius 2 is 1.50 bits per heavy atom. The Bertz CT molecular complexity index is 349. The monoisotopic (exact) mass is 231 g/mol. The van der Waals surface area contributed by atoms with Crippen LogP contribution in [0.15, 0.2) is 0 Å². The third-order valence-electron chi connectivity index (χ3n) is 0.492. The van der Waals surface area contributed by atoms with Crippen molar-refractivity contribution in [1.82, 2.24) is 0 Å². The zero-order valence-corrected chi connectivity index (χ0v) is 6.58. The molecule has 0 amide bonds. The molecule has 1 atom stereocenters. The Morgan fingerprint density at radius 3 is 1.58 bits per heavy atom. The van der Waals surface area contributed by atoms with Crippen LogP contribution in [-0.4, -0.2) is 22.3 Å². The lowest BCUT2D eigenvalue weighted by Gasteiger charge is -2.11. The highest BCUT2D eigenvalue weighted by Crippen LogP contribution is 2.30. The van der Waals surface area contributed by atoms with E-state index in [1.54, 1.807) is 0 Å². The topological polar surface area (TPSA) is 86.7 Å². The maximum absolute atomic E-state index is 11.4. The van der Waals surface area contributed by atoms with Crippen molar-refractivity contribution in [2.45, 2.75) is 5.51 Å². The van der Waals surface area contributed by atoms with Gasteiger partial charge in [0.25, 0.3) is 0 Å². The van der Waals surface area contributed by atoms with Gasteiger partial charge in [-0.05, 0) is 0 Å². The van der Waals surface area contributed by atoms with E-state index in [9.17, 15) is 29.7 Å². The molecule has 0 saturated heterocycles. The molecule has 0 aromatic rings. The van der Waals surface area contributed by atoms with Gasteiger partial charge in [-0.3, -0.25) is 0 Å². The molecule has 0 rings (SSSR count). The summed E-state index contributed by atoms with van der Waals surface area (Å²) in [5, 5.41) is 0. The molecular weight excluding hydrogens is 230 g/mol. The van der Waals surface area contributed by atoms with Crippen LogP contribution in [0.25, 0.3) is 4.13 Å². The fraction of sp³-hybridized carbons (Fsp3) is 1.00. The Kier molecular flexibility index (Phi) is 2.71. The normalized spacial score (nSPS) is 18.7. The number of hydrogen-bond acceptors (Lipinski definition) is 3. The van der Waals surface area contributed by atoms with Gasteiger partial charge < -0.3 is 4.13 Å². The summed E-state index contributed by atoms with van der Waals surface area (Å²) in [4.78, 5) is 0. The molecule has 1 unspecified atom stereocenters. The van der Waals surface area contributed by atoms with Crippen LogP contribution in [0.4, 0.5) is 17.1 Å². The van der Waals surface area contributed by atoms with Gasteiger partial charge in [0.05, 0.1) is 0 Å². The standard InChI is InChI=1S/CF4NO4S2/c2-1(3,4)11(7,8)6-12(5,9)10/q-1/p+1. The summed E-state index contributed by atoms with van der Waals surface area (Å²) in [7, 11) is -12.0. The Hall–Kier alpha value is -0.420. The van der Waals surface area contributed by atoms with Gasteiger partial charge in [0, 0.05) is 0 Å². The lowest BCUT2D eigenvalue weighted by molar-refractivity contribution is -0.0422. The molecule has 0 spiro atoms. The lowest BCUT2D eigenvalue weighted by Crippen LogP contribution is -2.22. The van der Waals surface area contributed by atoms with E-state index in [1.165, 1.54) is 0 Å². The first kappa shape index (κ1) is 11.6. The van der Waals surface area contributed by atoms with Gasteiger partial charge in [-0.1, -0.05) is 0 Å². The van der Waals surface area contributed by atoms with Crippen LogP contribution in [0.2, 0.25) is 0 Å². The highest BCUT2D eigenvalue weighted by Gasteiger charge is 2.46. The second kappa shape index (κ2) is 2.81. The fourth-order valence-corrected chi connectivity index (χ4v) is 1.47. The number of hydrogen-bond donors (Lipinski definition) is 0. The van der Waals surface area contributed by atoms with Crippen LogP contribution >= 0.6 is 0 Å². The average Bonchev–Trinajstić information content (AvgIpc) is 1.52. The van der Waals surface area contributed by atoms with Crippen LogP contribution < -0.4 is 0 Å². The van der Waals surface area contributed by atoms with Gasteiger partial charge in [-0.15, -0.1) is 3.89 Å². The van der Waals surface area contributed by atoms with Gasteiger partial charge in [0.1, 0.15) is 0 Å². The van der Waals surface area contributed by atoms with Crippen molar-refractivity contribution in [2.24, 2.45) is 0 Å². The summed E-state index contributed by atoms with van der Waals surface area (Å²) in [6.45, 7) is 0. The van der Waals surface area contributed by atoms with Crippen LogP contribution in [0.1, 0.15) is 0 Å².